The average Bonchev–Trinajstić information content (AvgIpc) is 3.28. The number of benzene rings is 2. The van der Waals surface area contributed by atoms with Crippen molar-refractivity contribution in [2.45, 2.75) is 84.8 Å². The van der Waals surface area contributed by atoms with Crippen LogP contribution in [-0.4, -0.2) is 43.3 Å². The second-order valence-corrected chi connectivity index (χ2v) is 11.7. The molecule has 1 aliphatic carbocycles. The first-order chi connectivity index (χ1) is 19.0. The molecular formula is C32H44ClF2NO5. The Balaban J connectivity index is 0.00000588. The summed E-state index contributed by atoms with van der Waals surface area (Å²) in [7, 11) is 0. The maximum absolute atomic E-state index is 14.6. The minimum atomic E-state index is -1.12. The summed E-state index contributed by atoms with van der Waals surface area (Å²) in [4.78, 5) is 24.2. The van der Waals surface area contributed by atoms with E-state index in [2.05, 4.69) is 43.4 Å². The lowest BCUT2D eigenvalue weighted by Gasteiger charge is -2.31. The summed E-state index contributed by atoms with van der Waals surface area (Å²) in [6.45, 7) is 10.2. The molecule has 0 spiro atoms. The molecule has 0 fully saturated rings. The third kappa shape index (κ3) is 11.2. The highest BCUT2D eigenvalue weighted by Crippen LogP contribution is 2.32. The van der Waals surface area contributed by atoms with Gasteiger partial charge in [-0.3, -0.25) is 9.59 Å². The van der Waals surface area contributed by atoms with E-state index in [0.717, 1.165) is 25.3 Å². The first-order valence-corrected chi connectivity index (χ1v) is 14.2. The lowest BCUT2D eigenvalue weighted by atomic mass is 9.88. The van der Waals surface area contributed by atoms with E-state index in [0.29, 0.717) is 18.0 Å². The molecule has 0 saturated carbocycles. The predicted molar refractivity (Wildman–Crippen MR) is 157 cm³/mol. The number of ether oxygens (including phenoxy) is 3. The van der Waals surface area contributed by atoms with Crippen LogP contribution >= 0.6 is 12.4 Å². The van der Waals surface area contributed by atoms with E-state index in [1.54, 1.807) is 6.92 Å². The Hall–Kier alpha value is -2.71. The lowest BCUT2D eigenvalue weighted by molar-refractivity contribution is -0.151. The van der Waals surface area contributed by atoms with Crippen molar-refractivity contribution >= 4 is 24.3 Å². The second-order valence-electron chi connectivity index (χ2n) is 11.7. The molecule has 1 aliphatic rings. The second kappa shape index (κ2) is 16.1. The van der Waals surface area contributed by atoms with Crippen LogP contribution in [0.15, 0.2) is 36.4 Å². The SMILES string of the molecule is CCOC(=O)CCc1cc(F)c(F)c(OC[C@@H](CNC(C)(C)CC2Cc3ccccc3C2)OC(=O)CC(C)C)c1.Cl. The number of hydrogen-bond donors (Lipinski definition) is 1. The zero-order valence-electron chi connectivity index (χ0n) is 24.8. The molecule has 1 N–H and O–H groups in total. The number of rotatable bonds is 15. The molecule has 41 heavy (non-hydrogen) atoms. The van der Waals surface area contributed by atoms with Crippen LogP contribution in [0.25, 0.3) is 0 Å². The van der Waals surface area contributed by atoms with Crippen molar-refractivity contribution < 1.29 is 32.6 Å². The zero-order chi connectivity index (χ0) is 29.3. The monoisotopic (exact) mass is 595 g/mol. The number of aryl methyl sites for hydroxylation is 1. The van der Waals surface area contributed by atoms with E-state index in [-0.39, 0.29) is 68.1 Å². The van der Waals surface area contributed by atoms with Gasteiger partial charge < -0.3 is 19.5 Å². The zero-order valence-corrected chi connectivity index (χ0v) is 25.6. The molecule has 0 bridgehead atoms. The third-order valence-electron chi connectivity index (χ3n) is 7.02. The van der Waals surface area contributed by atoms with Crippen LogP contribution in [0.4, 0.5) is 8.78 Å². The smallest absolute Gasteiger partial charge is 0.306 e. The van der Waals surface area contributed by atoms with Crippen molar-refractivity contribution in [3.05, 3.63) is 64.7 Å². The van der Waals surface area contributed by atoms with E-state index in [4.69, 9.17) is 14.2 Å². The number of esters is 2. The first kappa shape index (κ1) is 34.5. The standard InChI is InChI=1S/C32H43F2NO5.ClH/c1-6-38-29(36)12-11-22-16-27(33)31(34)28(17-22)39-20-26(40-30(37)13-21(2)3)19-35-32(4,5)18-23-14-24-9-7-8-10-25(24)15-23;/h7-10,16-17,21,23,26,35H,6,11-15,18-20H2,1-5H3;1H/t26-;/m1./s1. The van der Waals surface area contributed by atoms with Gasteiger partial charge in [-0.1, -0.05) is 38.1 Å². The summed E-state index contributed by atoms with van der Waals surface area (Å²) in [6, 6.07) is 10.9. The molecule has 228 valence electrons. The molecule has 6 nitrogen and oxygen atoms in total. The van der Waals surface area contributed by atoms with Gasteiger partial charge in [-0.2, -0.15) is 4.39 Å². The summed E-state index contributed by atoms with van der Waals surface area (Å²) in [5.74, 6) is -2.64. The van der Waals surface area contributed by atoms with Gasteiger partial charge in [0, 0.05) is 24.9 Å². The summed E-state index contributed by atoms with van der Waals surface area (Å²) in [5, 5.41) is 3.51. The molecular weight excluding hydrogens is 552 g/mol. The van der Waals surface area contributed by atoms with Crippen LogP contribution in [0.2, 0.25) is 0 Å². The highest BCUT2D eigenvalue weighted by atomic mass is 35.5. The van der Waals surface area contributed by atoms with E-state index >= 15 is 0 Å². The Morgan fingerprint density at radius 2 is 1.73 bits per heavy atom. The fourth-order valence-electron chi connectivity index (χ4n) is 5.21. The molecule has 3 rings (SSSR count). The van der Waals surface area contributed by atoms with Crippen LogP contribution in [0.3, 0.4) is 0 Å². The summed E-state index contributed by atoms with van der Waals surface area (Å²) in [5.41, 5.74) is 2.96. The highest BCUT2D eigenvalue weighted by Gasteiger charge is 2.29. The van der Waals surface area contributed by atoms with Gasteiger partial charge >= 0.3 is 11.9 Å². The Bertz CT molecular complexity index is 1130. The number of halogens is 3. The van der Waals surface area contributed by atoms with Crippen molar-refractivity contribution in [1.29, 1.82) is 0 Å². The van der Waals surface area contributed by atoms with Crippen LogP contribution in [-0.2, 0) is 38.3 Å². The van der Waals surface area contributed by atoms with Crippen molar-refractivity contribution in [1.82, 2.24) is 5.32 Å². The predicted octanol–water partition coefficient (Wildman–Crippen LogP) is 6.39. The van der Waals surface area contributed by atoms with Crippen LogP contribution in [0.5, 0.6) is 5.75 Å². The van der Waals surface area contributed by atoms with Crippen molar-refractivity contribution in [3.63, 3.8) is 0 Å². The van der Waals surface area contributed by atoms with E-state index in [9.17, 15) is 18.4 Å². The summed E-state index contributed by atoms with van der Waals surface area (Å²) in [6.07, 6.45) is 2.75. The Morgan fingerprint density at radius 1 is 1.07 bits per heavy atom. The van der Waals surface area contributed by atoms with Crippen molar-refractivity contribution in [2.75, 3.05) is 19.8 Å². The number of carbonyl (C=O) groups is 2. The van der Waals surface area contributed by atoms with Crippen LogP contribution in [0, 0.1) is 23.5 Å². The Kier molecular flexibility index (Phi) is 13.5. The quantitative estimate of drug-likeness (QED) is 0.241. The summed E-state index contributed by atoms with van der Waals surface area (Å²) < 4.78 is 45.2. The van der Waals surface area contributed by atoms with Gasteiger partial charge in [0.15, 0.2) is 11.6 Å². The third-order valence-corrected chi connectivity index (χ3v) is 7.02. The van der Waals surface area contributed by atoms with Gasteiger partial charge in [0.1, 0.15) is 12.7 Å². The fraction of sp³-hybridized carbons (Fsp3) is 0.562. The molecule has 0 unspecified atom stereocenters. The Morgan fingerprint density at radius 3 is 2.34 bits per heavy atom. The molecule has 0 heterocycles. The molecule has 0 amide bonds. The highest BCUT2D eigenvalue weighted by molar-refractivity contribution is 5.85. The normalized spacial score (nSPS) is 13.9. The minimum Gasteiger partial charge on any atom is -0.486 e. The van der Waals surface area contributed by atoms with Crippen molar-refractivity contribution in [3.8, 4) is 5.75 Å². The van der Waals surface area contributed by atoms with E-state index in [1.165, 1.54) is 17.2 Å². The lowest BCUT2D eigenvalue weighted by Crippen LogP contribution is -2.47. The van der Waals surface area contributed by atoms with Gasteiger partial charge in [-0.15, -0.1) is 12.4 Å². The van der Waals surface area contributed by atoms with Crippen LogP contribution in [0.1, 0.15) is 70.6 Å². The topological polar surface area (TPSA) is 73.9 Å². The molecule has 2 aromatic rings. The fourth-order valence-corrected chi connectivity index (χ4v) is 5.21. The van der Waals surface area contributed by atoms with Gasteiger partial charge in [0.2, 0.25) is 5.82 Å². The number of fused-ring (bicyclic) bond motifs is 1. The number of hydrogen-bond acceptors (Lipinski definition) is 6. The number of carbonyl (C=O) groups excluding carboxylic acids is 2. The van der Waals surface area contributed by atoms with Gasteiger partial charge in [0.25, 0.3) is 0 Å². The minimum absolute atomic E-state index is 0. The molecule has 1 atom stereocenters. The van der Waals surface area contributed by atoms with Gasteiger partial charge in [-0.25, -0.2) is 4.39 Å². The molecule has 0 saturated heterocycles. The molecule has 9 heteroatoms. The molecule has 2 aromatic carbocycles. The average molecular weight is 596 g/mol. The van der Waals surface area contributed by atoms with E-state index in [1.807, 2.05) is 13.8 Å². The molecule has 0 aliphatic heterocycles. The van der Waals surface area contributed by atoms with Crippen LogP contribution < -0.4 is 10.1 Å². The number of nitrogens with one attached hydrogen (secondary N) is 1. The maximum Gasteiger partial charge on any atom is 0.306 e. The van der Waals surface area contributed by atoms with E-state index < -0.39 is 23.7 Å². The van der Waals surface area contributed by atoms with Crippen molar-refractivity contribution in [2.24, 2.45) is 11.8 Å². The largest absolute Gasteiger partial charge is 0.486 e. The first-order valence-electron chi connectivity index (χ1n) is 14.2. The Labute approximate surface area is 248 Å². The maximum atomic E-state index is 14.6. The summed E-state index contributed by atoms with van der Waals surface area (Å²) >= 11 is 0. The van der Waals surface area contributed by atoms with Gasteiger partial charge in [-0.05, 0) is 87.1 Å². The molecule has 0 radical (unpaired) electrons. The van der Waals surface area contributed by atoms with Gasteiger partial charge in [0.05, 0.1) is 6.61 Å². The molecule has 0 aromatic heterocycles.